The SMILES string of the molecule is CCOCCN(CC)C(CN)(COC)C1CC1. The molecule has 0 radical (unpaired) electrons. The molecule has 1 aliphatic carbocycles. The first-order valence-corrected chi connectivity index (χ1v) is 6.77. The summed E-state index contributed by atoms with van der Waals surface area (Å²) in [4.78, 5) is 2.45. The first kappa shape index (κ1) is 14.9. The molecule has 0 saturated heterocycles. The number of nitrogens with zero attached hydrogens (tertiary/aromatic N) is 1. The molecule has 0 spiro atoms. The third-order valence-corrected chi connectivity index (χ3v) is 3.81. The van der Waals surface area contributed by atoms with Crippen molar-refractivity contribution in [2.45, 2.75) is 32.2 Å². The molecule has 102 valence electrons. The zero-order valence-corrected chi connectivity index (χ0v) is 11.6. The molecule has 1 rings (SSSR count). The summed E-state index contributed by atoms with van der Waals surface area (Å²) in [6, 6.07) is 0. The van der Waals surface area contributed by atoms with E-state index in [1.807, 2.05) is 6.92 Å². The van der Waals surface area contributed by atoms with Crippen LogP contribution in [0.15, 0.2) is 0 Å². The van der Waals surface area contributed by atoms with E-state index in [1.54, 1.807) is 7.11 Å². The van der Waals surface area contributed by atoms with E-state index < -0.39 is 0 Å². The summed E-state index contributed by atoms with van der Waals surface area (Å²) < 4.78 is 10.9. The smallest absolute Gasteiger partial charge is 0.0661 e. The molecule has 1 aliphatic rings. The van der Waals surface area contributed by atoms with Crippen LogP contribution in [0.25, 0.3) is 0 Å². The van der Waals surface area contributed by atoms with Gasteiger partial charge in [-0.15, -0.1) is 0 Å². The van der Waals surface area contributed by atoms with E-state index in [2.05, 4.69) is 11.8 Å². The fourth-order valence-corrected chi connectivity index (χ4v) is 2.71. The average molecular weight is 244 g/mol. The molecular formula is C13H28N2O2. The van der Waals surface area contributed by atoms with Crippen molar-refractivity contribution in [1.82, 2.24) is 4.90 Å². The minimum Gasteiger partial charge on any atom is -0.383 e. The van der Waals surface area contributed by atoms with Crippen molar-refractivity contribution >= 4 is 0 Å². The van der Waals surface area contributed by atoms with E-state index >= 15 is 0 Å². The van der Waals surface area contributed by atoms with Gasteiger partial charge in [0.05, 0.1) is 18.8 Å². The molecule has 1 unspecified atom stereocenters. The van der Waals surface area contributed by atoms with Gasteiger partial charge in [0.2, 0.25) is 0 Å². The summed E-state index contributed by atoms with van der Waals surface area (Å²) >= 11 is 0. The van der Waals surface area contributed by atoms with E-state index in [4.69, 9.17) is 15.2 Å². The highest BCUT2D eigenvalue weighted by molar-refractivity contribution is 5.03. The van der Waals surface area contributed by atoms with Crippen LogP contribution in [0.3, 0.4) is 0 Å². The molecular weight excluding hydrogens is 216 g/mol. The van der Waals surface area contributed by atoms with E-state index in [9.17, 15) is 0 Å². The van der Waals surface area contributed by atoms with Gasteiger partial charge in [-0.25, -0.2) is 0 Å². The number of hydrogen-bond donors (Lipinski definition) is 1. The van der Waals surface area contributed by atoms with Gasteiger partial charge in [0.1, 0.15) is 0 Å². The Hall–Kier alpha value is -0.160. The van der Waals surface area contributed by atoms with Crippen molar-refractivity contribution in [3.05, 3.63) is 0 Å². The highest BCUT2D eigenvalue weighted by Crippen LogP contribution is 2.42. The maximum Gasteiger partial charge on any atom is 0.0661 e. The Labute approximate surface area is 105 Å². The maximum absolute atomic E-state index is 6.05. The Balaban J connectivity index is 2.63. The summed E-state index contributed by atoms with van der Waals surface area (Å²) in [7, 11) is 1.77. The molecule has 4 nitrogen and oxygen atoms in total. The number of likely N-dealkylation sites (N-methyl/N-ethyl adjacent to an activating group) is 1. The van der Waals surface area contributed by atoms with Crippen molar-refractivity contribution in [2.75, 3.05) is 46.6 Å². The van der Waals surface area contributed by atoms with Crippen molar-refractivity contribution in [3.8, 4) is 0 Å². The minimum atomic E-state index is 0.0284. The first-order valence-electron chi connectivity index (χ1n) is 6.77. The third kappa shape index (κ3) is 3.65. The Morgan fingerprint density at radius 3 is 2.47 bits per heavy atom. The second-order valence-corrected chi connectivity index (χ2v) is 4.79. The van der Waals surface area contributed by atoms with Crippen molar-refractivity contribution < 1.29 is 9.47 Å². The molecule has 0 aromatic rings. The number of ether oxygens (including phenoxy) is 2. The van der Waals surface area contributed by atoms with Crippen LogP contribution in [0.4, 0.5) is 0 Å². The molecule has 17 heavy (non-hydrogen) atoms. The fraction of sp³-hybridized carbons (Fsp3) is 1.00. The summed E-state index contributed by atoms with van der Waals surface area (Å²) in [6.45, 7) is 9.13. The van der Waals surface area contributed by atoms with Crippen molar-refractivity contribution in [2.24, 2.45) is 11.7 Å². The lowest BCUT2D eigenvalue weighted by atomic mass is 9.91. The van der Waals surface area contributed by atoms with Crippen LogP contribution in [0.2, 0.25) is 0 Å². The Kier molecular flexibility index (Phi) is 6.41. The van der Waals surface area contributed by atoms with Crippen LogP contribution in [-0.4, -0.2) is 57.0 Å². The zero-order chi connectivity index (χ0) is 12.7. The minimum absolute atomic E-state index is 0.0284. The van der Waals surface area contributed by atoms with Gasteiger partial charge in [-0.3, -0.25) is 4.90 Å². The third-order valence-electron chi connectivity index (χ3n) is 3.81. The zero-order valence-electron chi connectivity index (χ0n) is 11.6. The molecule has 1 atom stereocenters. The number of methoxy groups -OCH3 is 1. The van der Waals surface area contributed by atoms with Crippen LogP contribution < -0.4 is 5.73 Å². The standard InChI is InChI=1S/C13H28N2O2/c1-4-15(8-9-17-5-2)13(10-14,11-16-3)12-6-7-12/h12H,4-11,14H2,1-3H3. The molecule has 0 amide bonds. The monoisotopic (exact) mass is 244 g/mol. The predicted octanol–water partition coefficient (Wildman–Crippen LogP) is 1.10. The molecule has 0 bridgehead atoms. The molecule has 1 fully saturated rings. The molecule has 0 aliphatic heterocycles. The van der Waals surface area contributed by atoms with Crippen LogP contribution in [0.5, 0.6) is 0 Å². The van der Waals surface area contributed by atoms with E-state index in [1.165, 1.54) is 12.8 Å². The van der Waals surface area contributed by atoms with Gasteiger partial charge in [-0.05, 0) is 32.2 Å². The van der Waals surface area contributed by atoms with Gasteiger partial charge in [0.15, 0.2) is 0 Å². The van der Waals surface area contributed by atoms with Crippen LogP contribution >= 0.6 is 0 Å². The Bertz CT molecular complexity index is 210. The second kappa shape index (κ2) is 7.31. The molecule has 4 heteroatoms. The van der Waals surface area contributed by atoms with Gasteiger partial charge >= 0.3 is 0 Å². The van der Waals surface area contributed by atoms with Crippen molar-refractivity contribution in [1.29, 1.82) is 0 Å². The summed E-state index contributed by atoms with van der Waals surface area (Å²) in [5.74, 6) is 0.703. The lowest BCUT2D eigenvalue weighted by Gasteiger charge is -2.43. The molecule has 0 aromatic heterocycles. The van der Waals surface area contributed by atoms with Gasteiger partial charge in [0, 0.05) is 26.8 Å². The van der Waals surface area contributed by atoms with Gasteiger partial charge < -0.3 is 15.2 Å². The quantitative estimate of drug-likeness (QED) is 0.585. The number of rotatable bonds is 10. The summed E-state index contributed by atoms with van der Waals surface area (Å²) in [5.41, 5.74) is 6.08. The van der Waals surface area contributed by atoms with Crippen LogP contribution in [-0.2, 0) is 9.47 Å². The maximum atomic E-state index is 6.05. The average Bonchev–Trinajstić information content (AvgIpc) is 3.17. The Morgan fingerprint density at radius 2 is 2.06 bits per heavy atom. The van der Waals surface area contributed by atoms with Gasteiger partial charge in [-0.1, -0.05) is 6.92 Å². The first-order chi connectivity index (χ1) is 8.25. The fourth-order valence-electron chi connectivity index (χ4n) is 2.71. The highest BCUT2D eigenvalue weighted by Gasteiger charge is 2.47. The van der Waals surface area contributed by atoms with Crippen LogP contribution in [0, 0.1) is 5.92 Å². The topological polar surface area (TPSA) is 47.7 Å². The lowest BCUT2D eigenvalue weighted by Crippen LogP contribution is -2.59. The molecule has 2 N–H and O–H groups in total. The normalized spacial score (nSPS) is 19.6. The van der Waals surface area contributed by atoms with E-state index in [-0.39, 0.29) is 5.54 Å². The number of hydrogen-bond acceptors (Lipinski definition) is 4. The molecule has 1 saturated carbocycles. The summed E-state index contributed by atoms with van der Waals surface area (Å²) in [5, 5.41) is 0. The lowest BCUT2D eigenvalue weighted by molar-refractivity contribution is -0.0132. The number of nitrogens with two attached hydrogens (primary N) is 1. The Morgan fingerprint density at radius 1 is 1.35 bits per heavy atom. The van der Waals surface area contributed by atoms with Crippen molar-refractivity contribution in [3.63, 3.8) is 0 Å². The second-order valence-electron chi connectivity index (χ2n) is 4.79. The summed E-state index contributed by atoms with van der Waals surface area (Å²) in [6.07, 6.45) is 2.57. The predicted molar refractivity (Wildman–Crippen MR) is 70.1 cm³/mol. The van der Waals surface area contributed by atoms with Crippen LogP contribution in [0.1, 0.15) is 26.7 Å². The highest BCUT2D eigenvalue weighted by atomic mass is 16.5. The van der Waals surface area contributed by atoms with Gasteiger partial charge in [-0.2, -0.15) is 0 Å². The molecule has 0 aromatic carbocycles. The van der Waals surface area contributed by atoms with E-state index in [0.717, 1.165) is 32.9 Å². The largest absolute Gasteiger partial charge is 0.383 e. The van der Waals surface area contributed by atoms with Gasteiger partial charge in [0.25, 0.3) is 0 Å². The van der Waals surface area contributed by atoms with E-state index in [0.29, 0.717) is 12.5 Å². The molecule has 0 heterocycles.